The summed E-state index contributed by atoms with van der Waals surface area (Å²) in [7, 11) is 0. The summed E-state index contributed by atoms with van der Waals surface area (Å²) < 4.78 is 5.86. The van der Waals surface area contributed by atoms with Gasteiger partial charge in [0.25, 0.3) is 5.91 Å². The van der Waals surface area contributed by atoms with Crippen LogP contribution in [0.15, 0.2) is 48.5 Å². The molecule has 1 amide bonds. The largest absolute Gasteiger partial charge is 0.480 e. The minimum atomic E-state index is -0.467. The van der Waals surface area contributed by atoms with E-state index < -0.39 is 6.10 Å². The fourth-order valence-corrected chi connectivity index (χ4v) is 2.29. The van der Waals surface area contributed by atoms with E-state index in [1.807, 2.05) is 63.2 Å². The van der Waals surface area contributed by atoms with Crippen LogP contribution in [-0.4, -0.2) is 12.0 Å². The minimum absolute atomic E-state index is 0.0766. The fourth-order valence-electron chi connectivity index (χ4n) is 2.29. The first-order valence-electron chi connectivity index (χ1n) is 7.65. The number of rotatable bonds is 6. The fraction of sp³-hybridized carbons (Fsp3) is 0.316. The number of hydrogen-bond acceptors (Lipinski definition) is 2. The zero-order valence-corrected chi connectivity index (χ0v) is 13.4. The molecule has 2 aromatic rings. The molecule has 0 spiro atoms. The second kappa shape index (κ2) is 7.64. The molecule has 0 aliphatic rings. The molecule has 0 saturated carbocycles. The smallest absolute Gasteiger partial charge is 0.261 e. The summed E-state index contributed by atoms with van der Waals surface area (Å²) in [6, 6.07) is 15.9. The van der Waals surface area contributed by atoms with Crippen LogP contribution in [0.3, 0.4) is 0 Å². The van der Waals surface area contributed by atoms with Gasteiger partial charge in [0, 0.05) is 6.54 Å². The van der Waals surface area contributed by atoms with Crippen molar-refractivity contribution < 1.29 is 9.53 Å². The van der Waals surface area contributed by atoms with Gasteiger partial charge in [-0.3, -0.25) is 4.79 Å². The predicted octanol–water partition coefficient (Wildman–Crippen LogP) is 3.78. The van der Waals surface area contributed by atoms with Gasteiger partial charge in [-0.1, -0.05) is 55.0 Å². The van der Waals surface area contributed by atoms with Crippen molar-refractivity contribution in [2.75, 3.05) is 0 Å². The maximum absolute atomic E-state index is 12.3. The number of hydrogen-bond donors (Lipinski definition) is 1. The Morgan fingerprint density at radius 2 is 1.91 bits per heavy atom. The summed E-state index contributed by atoms with van der Waals surface area (Å²) in [6.45, 7) is 6.50. The number of aryl methyl sites for hydroxylation is 2. The lowest BCUT2D eigenvalue weighted by atomic mass is 10.1. The van der Waals surface area contributed by atoms with Crippen LogP contribution in [0.5, 0.6) is 5.75 Å². The van der Waals surface area contributed by atoms with Crippen molar-refractivity contribution in [3.05, 3.63) is 65.2 Å². The Morgan fingerprint density at radius 1 is 1.14 bits per heavy atom. The van der Waals surface area contributed by atoms with Crippen LogP contribution < -0.4 is 10.1 Å². The highest BCUT2D eigenvalue weighted by atomic mass is 16.5. The lowest BCUT2D eigenvalue weighted by Gasteiger charge is -2.18. The number of para-hydroxylation sites is 1. The SMILES string of the molecule is CC[C@H](Oc1ccccc1C)C(=O)NCc1cccc(C)c1. The Hall–Kier alpha value is -2.29. The van der Waals surface area contributed by atoms with Crippen LogP contribution in [0.25, 0.3) is 0 Å². The molecule has 0 aromatic heterocycles. The summed E-state index contributed by atoms with van der Waals surface area (Å²) >= 11 is 0. The summed E-state index contributed by atoms with van der Waals surface area (Å²) in [4.78, 5) is 12.3. The highest BCUT2D eigenvalue weighted by Crippen LogP contribution is 2.18. The Morgan fingerprint density at radius 3 is 2.59 bits per heavy atom. The average Bonchev–Trinajstić information content (AvgIpc) is 2.52. The van der Waals surface area contributed by atoms with Gasteiger partial charge in [0.05, 0.1) is 0 Å². The van der Waals surface area contributed by atoms with Crippen molar-refractivity contribution >= 4 is 5.91 Å². The minimum Gasteiger partial charge on any atom is -0.480 e. The third-order valence-electron chi connectivity index (χ3n) is 3.58. The summed E-state index contributed by atoms with van der Waals surface area (Å²) in [5.41, 5.74) is 3.32. The lowest BCUT2D eigenvalue weighted by Crippen LogP contribution is -2.37. The lowest BCUT2D eigenvalue weighted by molar-refractivity contribution is -0.128. The highest BCUT2D eigenvalue weighted by molar-refractivity contribution is 5.81. The van der Waals surface area contributed by atoms with Crippen molar-refractivity contribution in [1.82, 2.24) is 5.32 Å². The standard InChI is InChI=1S/C19H23NO2/c1-4-17(22-18-11-6-5-9-15(18)3)19(21)20-13-16-10-7-8-14(2)12-16/h5-12,17H,4,13H2,1-3H3,(H,20,21)/t17-/m0/s1. The van der Waals surface area contributed by atoms with Crippen molar-refractivity contribution in [3.63, 3.8) is 0 Å². The van der Waals surface area contributed by atoms with Gasteiger partial charge < -0.3 is 10.1 Å². The van der Waals surface area contributed by atoms with Crippen molar-refractivity contribution in [3.8, 4) is 5.75 Å². The van der Waals surface area contributed by atoms with Crippen LogP contribution in [0.4, 0.5) is 0 Å². The normalized spacial score (nSPS) is 11.8. The maximum atomic E-state index is 12.3. The molecule has 0 aliphatic carbocycles. The van der Waals surface area contributed by atoms with E-state index in [1.165, 1.54) is 5.56 Å². The topological polar surface area (TPSA) is 38.3 Å². The molecule has 3 heteroatoms. The Bertz CT molecular complexity index is 637. The first-order valence-corrected chi connectivity index (χ1v) is 7.65. The Balaban J connectivity index is 1.96. The van der Waals surface area contributed by atoms with Gasteiger partial charge in [0.15, 0.2) is 6.10 Å². The van der Waals surface area contributed by atoms with Crippen LogP contribution in [0, 0.1) is 13.8 Å². The first-order chi connectivity index (χ1) is 10.6. The summed E-state index contributed by atoms with van der Waals surface area (Å²) in [5.74, 6) is 0.687. The summed E-state index contributed by atoms with van der Waals surface area (Å²) in [6.07, 6.45) is 0.166. The average molecular weight is 297 g/mol. The monoisotopic (exact) mass is 297 g/mol. The molecule has 2 aromatic carbocycles. The van der Waals surface area contributed by atoms with Gasteiger partial charge in [0.2, 0.25) is 0 Å². The zero-order valence-electron chi connectivity index (χ0n) is 13.4. The van der Waals surface area contributed by atoms with Crippen molar-refractivity contribution in [1.29, 1.82) is 0 Å². The zero-order chi connectivity index (χ0) is 15.9. The Labute approximate surface area is 132 Å². The molecule has 0 fully saturated rings. The summed E-state index contributed by atoms with van der Waals surface area (Å²) in [5, 5.41) is 2.95. The first kappa shape index (κ1) is 16.1. The third kappa shape index (κ3) is 4.35. The number of nitrogens with one attached hydrogen (secondary N) is 1. The van der Waals surface area contributed by atoms with E-state index in [9.17, 15) is 4.79 Å². The van der Waals surface area contributed by atoms with Crippen molar-refractivity contribution in [2.45, 2.75) is 39.8 Å². The molecule has 22 heavy (non-hydrogen) atoms. The molecule has 0 heterocycles. The third-order valence-corrected chi connectivity index (χ3v) is 3.58. The number of ether oxygens (including phenoxy) is 1. The maximum Gasteiger partial charge on any atom is 0.261 e. The van der Waals surface area contributed by atoms with Crippen LogP contribution in [0.1, 0.15) is 30.0 Å². The number of amides is 1. The van der Waals surface area contributed by atoms with Crippen LogP contribution in [-0.2, 0) is 11.3 Å². The molecular weight excluding hydrogens is 274 g/mol. The van der Waals surface area contributed by atoms with E-state index in [2.05, 4.69) is 11.4 Å². The predicted molar refractivity (Wildman–Crippen MR) is 88.9 cm³/mol. The van der Waals surface area contributed by atoms with E-state index in [0.29, 0.717) is 13.0 Å². The van der Waals surface area contributed by atoms with E-state index in [-0.39, 0.29) is 5.91 Å². The second-order valence-electron chi connectivity index (χ2n) is 5.49. The molecule has 1 N–H and O–H groups in total. The van der Waals surface area contributed by atoms with E-state index in [0.717, 1.165) is 16.9 Å². The molecule has 0 radical (unpaired) electrons. The molecule has 0 aliphatic heterocycles. The van der Waals surface area contributed by atoms with Crippen LogP contribution in [0.2, 0.25) is 0 Å². The molecule has 0 unspecified atom stereocenters. The van der Waals surface area contributed by atoms with Gasteiger partial charge in [-0.2, -0.15) is 0 Å². The number of carbonyl (C=O) groups excluding carboxylic acids is 1. The molecular formula is C19H23NO2. The van der Waals surface area contributed by atoms with E-state index in [1.54, 1.807) is 0 Å². The van der Waals surface area contributed by atoms with Gasteiger partial charge in [-0.05, 0) is 37.5 Å². The number of benzene rings is 2. The van der Waals surface area contributed by atoms with Gasteiger partial charge in [0.1, 0.15) is 5.75 Å². The molecule has 2 rings (SSSR count). The molecule has 116 valence electrons. The molecule has 0 bridgehead atoms. The van der Waals surface area contributed by atoms with Crippen molar-refractivity contribution in [2.24, 2.45) is 0 Å². The quantitative estimate of drug-likeness (QED) is 0.881. The molecule has 1 atom stereocenters. The Kier molecular flexibility index (Phi) is 5.59. The second-order valence-corrected chi connectivity index (χ2v) is 5.49. The highest BCUT2D eigenvalue weighted by Gasteiger charge is 2.18. The molecule has 3 nitrogen and oxygen atoms in total. The van der Waals surface area contributed by atoms with Gasteiger partial charge >= 0.3 is 0 Å². The van der Waals surface area contributed by atoms with Gasteiger partial charge in [-0.25, -0.2) is 0 Å². The van der Waals surface area contributed by atoms with Crippen LogP contribution >= 0.6 is 0 Å². The van der Waals surface area contributed by atoms with Gasteiger partial charge in [-0.15, -0.1) is 0 Å². The number of carbonyl (C=O) groups is 1. The van der Waals surface area contributed by atoms with E-state index >= 15 is 0 Å². The van der Waals surface area contributed by atoms with E-state index in [4.69, 9.17) is 4.74 Å². The molecule has 0 saturated heterocycles.